The quantitative estimate of drug-likeness (QED) is 0.0194. The van der Waals surface area contributed by atoms with Crippen molar-refractivity contribution in [1.29, 1.82) is 0 Å². The predicted molar refractivity (Wildman–Crippen MR) is 337 cm³/mol. The lowest BCUT2D eigenvalue weighted by molar-refractivity contribution is 0.284. The standard InChI is InChI=1S/C16H22N2OS.C15H27N3.C13H15N2O4S.C11H18.C4H8N3.C4H10S/c1-15(2,3)12-9-7-11(8-10-12)13-17-18-14(19-13)20-16(4,5)6;1-14(2,3)11-9-7-8-10-12-13(11)16-17-18(12)15(4,5)6;1-13(2,3)10-7-5-9(6-8-10)11-14-15-12(19-11)20(16,17)18-4;1-11(2,3)10-8-6-4-5-7-9-10;1-4(2,3)6-7-5;1-4(2,3)5/h7-10H,1-6H3;11H,7-10H2,1-6H3;5-8H,4H2,1-3H3;10H,4-6,8H2,1-3H3;1H2,2-3H3;5H,1-3H3/q;;+1;;+1;. The van der Waals surface area contributed by atoms with Crippen molar-refractivity contribution in [3.63, 3.8) is 0 Å². The van der Waals surface area contributed by atoms with Crippen molar-refractivity contribution in [2.24, 2.45) is 21.9 Å². The van der Waals surface area contributed by atoms with Crippen molar-refractivity contribution in [3.8, 4) is 34.7 Å². The Morgan fingerprint density at radius 3 is 1.58 bits per heavy atom. The molecule has 0 spiro atoms. The minimum Gasteiger partial charge on any atom is -0.411 e. The zero-order valence-electron chi connectivity index (χ0n) is 53.6. The summed E-state index contributed by atoms with van der Waals surface area (Å²) in [6.07, 6.45) is 10.0. The summed E-state index contributed by atoms with van der Waals surface area (Å²) >= 11 is 5.71. The number of hydrogen-bond acceptors (Lipinski definition) is 14. The Hall–Kier alpha value is -4.92. The number of thioether (sulfide) groups is 1. The second-order valence-electron chi connectivity index (χ2n) is 28.5. The van der Waals surface area contributed by atoms with Crippen LogP contribution in [-0.2, 0) is 37.1 Å². The first-order chi connectivity index (χ1) is 36.8. The summed E-state index contributed by atoms with van der Waals surface area (Å²) in [7, 11) is -1.23. The van der Waals surface area contributed by atoms with Crippen LogP contribution in [0, 0.1) is 42.6 Å². The molecule has 7 rings (SSSR count). The third-order valence-corrected chi connectivity index (χ3v) is 14.1. The van der Waals surface area contributed by atoms with E-state index in [4.69, 9.17) is 14.4 Å². The van der Waals surface area contributed by atoms with Crippen molar-refractivity contribution in [2.45, 2.75) is 258 Å². The fourth-order valence-electron chi connectivity index (χ4n) is 7.91. The molecular weight excluding hydrogens is 1070 g/mol. The van der Waals surface area contributed by atoms with E-state index in [1.165, 1.54) is 55.5 Å². The summed E-state index contributed by atoms with van der Waals surface area (Å²) in [5.41, 5.74) is 14.9. The van der Waals surface area contributed by atoms with Crippen LogP contribution in [0.1, 0.15) is 233 Å². The van der Waals surface area contributed by atoms with Crippen LogP contribution >= 0.6 is 24.4 Å². The van der Waals surface area contributed by atoms with E-state index < -0.39 is 20.9 Å². The normalized spacial score (nSPS) is 16.0. The molecule has 2 aromatic carbocycles. The van der Waals surface area contributed by atoms with E-state index in [1.54, 1.807) is 37.7 Å². The van der Waals surface area contributed by atoms with Gasteiger partial charge in [0.05, 0.1) is 23.9 Å². The number of azide groups is 1. The van der Waals surface area contributed by atoms with E-state index >= 15 is 0 Å². The Labute approximate surface area is 499 Å². The van der Waals surface area contributed by atoms with E-state index in [1.807, 2.05) is 24.3 Å². The van der Waals surface area contributed by atoms with Crippen LogP contribution in [0.3, 0.4) is 0 Å². The van der Waals surface area contributed by atoms with E-state index in [9.17, 15) is 8.42 Å². The van der Waals surface area contributed by atoms with Crippen molar-refractivity contribution < 1.29 is 21.4 Å². The molecule has 0 radical (unpaired) electrons. The lowest BCUT2D eigenvalue weighted by Gasteiger charge is -2.29. The average molecular weight is 1170 g/mol. The molecule has 2 atom stereocenters. The molecule has 0 bridgehead atoms. The number of nitrogens with zero attached hydrogens (tertiary/aromatic N) is 10. The maximum absolute atomic E-state index is 11.4. The van der Waals surface area contributed by atoms with Crippen LogP contribution in [0.4, 0.5) is 0 Å². The Morgan fingerprint density at radius 2 is 1.17 bits per heavy atom. The molecule has 2 unspecified atom stereocenters. The highest BCUT2D eigenvalue weighted by Gasteiger charge is 2.35. The molecule has 0 saturated heterocycles. The number of benzene rings is 2. The van der Waals surface area contributed by atoms with Gasteiger partial charge in [0.1, 0.15) is 0 Å². The Kier molecular flexibility index (Phi) is 26.3. The first kappa shape index (κ1) is 72.2. The summed E-state index contributed by atoms with van der Waals surface area (Å²) in [4.78, 5) is 2.57. The molecule has 0 amide bonds. The smallest absolute Gasteiger partial charge is 0.389 e. The number of hydrogen-bond donors (Lipinski definition) is 1. The van der Waals surface area contributed by atoms with Gasteiger partial charge in [-0.3, -0.25) is 0 Å². The molecule has 18 heteroatoms. The second-order valence-corrected chi connectivity index (χ2v) is 33.1. The Morgan fingerprint density at radius 1 is 0.691 bits per heavy atom. The fraction of sp³-hybridized carbons (Fsp3) is 0.651. The molecule has 15 nitrogen and oxygen atoms in total. The van der Waals surface area contributed by atoms with E-state index in [2.05, 4.69) is 246 Å². The average Bonchev–Trinajstić information content (AvgIpc) is 4.00. The van der Waals surface area contributed by atoms with Gasteiger partial charge in [-0.05, 0) is 134 Å². The van der Waals surface area contributed by atoms with Gasteiger partial charge in [0, 0.05) is 43.8 Å². The Bertz CT molecular complexity index is 2900. The van der Waals surface area contributed by atoms with Gasteiger partial charge >= 0.3 is 15.3 Å². The molecule has 2 aliphatic rings. The largest absolute Gasteiger partial charge is 0.411 e. The molecule has 3 aromatic heterocycles. The zero-order valence-corrected chi connectivity index (χ0v) is 56.1. The lowest BCUT2D eigenvalue weighted by Crippen LogP contribution is -2.26. The lowest BCUT2D eigenvalue weighted by atomic mass is 9.76. The van der Waals surface area contributed by atoms with Crippen LogP contribution in [0.5, 0.6) is 0 Å². The van der Waals surface area contributed by atoms with Crippen molar-refractivity contribution in [1.82, 2.24) is 35.4 Å². The van der Waals surface area contributed by atoms with Gasteiger partial charge in [-0.1, -0.05) is 194 Å². The van der Waals surface area contributed by atoms with Crippen molar-refractivity contribution in [2.75, 3.05) is 0 Å². The summed E-state index contributed by atoms with van der Waals surface area (Å²) in [5, 5.41) is 27.7. The topological polar surface area (TPSA) is 201 Å². The summed E-state index contributed by atoms with van der Waals surface area (Å²) < 4.78 is 40.0. The number of fused-ring (bicyclic) bond motifs is 1. The minimum absolute atomic E-state index is 0.0313. The van der Waals surface area contributed by atoms with Crippen LogP contribution in [0.15, 0.2) is 72.9 Å². The first-order valence-corrected chi connectivity index (χ1v) is 30.8. The van der Waals surface area contributed by atoms with Gasteiger partial charge < -0.3 is 8.83 Å². The van der Waals surface area contributed by atoms with Gasteiger partial charge in [-0.15, -0.1) is 26.3 Å². The van der Waals surface area contributed by atoms with Gasteiger partial charge in [0.25, 0.3) is 5.22 Å². The number of aromatic nitrogens is 7. The summed E-state index contributed by atoms with van der Waals surface area (Å²) in [6.45, 7) is 52.9. The van der Waals surface area contributed by atoms with Gasteiger partial charge in [-0.2, -0.15) is 21.0 Å². The second kappa shape index (κ2) is 29.6. The molecule has 81 heavy (non-hydrogen) atoms. The van der Waals surface area contributed by atoms with Gasteiger partial charge in [0.15, 0.2) is 5.54 Å². The van der Waals surface area contributed by atoms with Gasteiger partial charge in [-0.25, -0.2) is 4.68 Å². The SMILES string of the molecule is CC(C)(C)C1C#CCCCC1.CC(C)(C)C1CCCCc2c1nnn2C(C)(C)C.CC(C)(C)S.CC(C)(C)Sc1nnc(-c2ccc(C(C)(C)C)cc2)o1.[CH2+]C(C)(C)N=[N+]=[N-].[CH2+]OS(=O)(=O)c1nnc(-c2ccc(C(C)(C)C)cc2)o1. The first-order valence-electron chi connectivity index (χ1n) is 28.1. The predicted octanol–water partition coefficient (Wildman–Crippen LogP) is 18.2. The maximum atomic E-state index is 11.4. The van der Waals surface area contributed by atoms with Gasteiger partial charge in [0.2, 0.25) is 18.9 Å². The number of thiol groups is 1. The van der Waals surface area contributed by atoms with Crippen LogP contribution in [-0.4, -0.2) is 58.8 Å². The third kappa shape index (κ3) is 26.9. The van der Waals surface area contributed by atoms with E-state index in [0.29, 0.717) is 33.9 Å². The monoisotopic (exact) mass is 1170 g/mol. The third-order valence-electron chi connectivity index (χ3n) is 12.2. The van der Waals surface area contributed by atoms with Crippen LogP contribution in [0.2, 0.25) is 0 Å². The van der Waals surface area contributed by atoms with Crippen LogP contribution in [0.25, 0.3) is 33.4 Å². The molecule has 3 heterocycles. The maximum Gasteiger partial charge on any atom is 0.389 e. The van der Waals surface area contributed by atoms with E-state index in [0.717, 1.165) is 24.0 Å². The van der Waals surface area contributed by atoms with E-state index in [-0.39, 0.29) is 37.2 Å². The molecule has 0 N–H and O–H groups in total. The fourth-order valence-corrected chi connectivity index (χ4v) is 9.06. The minimum atomic E-state index is -4.07. The molecule has 5 aromatic rings. The molecule has 0 fully saturated rings. The number of rotatable bonds is 6. The molecule has 448 valence electrons. The molecule has 0 saturated carbocycles. The molecule has 2 aliphatic carbocycles. The highest BCUT2D eigenvalue weighted by molar-refractivity contribution is 8.00. The Balaban J connectivity index is 0.000000350. The molecular formula is C63H100N10O5S3+2. The highest BCUT2D eigenvalue weighted by atomic mass is 32.2. The summed E-state index contributed by atoms with van der Waals surface area (Å²) in [5.74, 6) is 8.50. The zero-order chi connectivity index (χ0) is 62.2. The van der Waals surface area contributed by atoms with Crippen LogP contribution < -0.4 is 0 Å². The highest BCUT2D eigenvalue weighted by Crippen LogP contribution is 2.42. The van der Waals surface area contributed by atoms with Crippen molar-refractivity contribution in [3.05, 3.63) is 95.5 Å². The summed E-state index contributed by atoms with van der Waals surface area (Å²) in [6, 6.07) is 15.8. The van der Waals surface area contributed by atoms with Crippen molar-refractivity contribution >= 4 is 34.5 Å². The molecule has 0 aliphatic heterocycles.